The lowest BCUT2D eigenvalue weighted by atomic mass is 10.1. The monoisotopic (exact) mass is 337 g/mol. The molecule has 2 rings (SSSR count). The molecule has 1 heterocycles. The van der Waals surface area contributed by atoms with Crippen molar-refractivity contribution in [2.24, 2.45) is 0 Å². The number of aryl methyl sites for hydroxylation is 2. The molecule has 2 aromatic rings. The van der Waals surface area contributed by atoms with Crippen molar-refractivity contribution < 1.29 is 9.18 Å². The highest BCUT2D eigenvalue weighted by Gasteiger charge is 2.13. The van der Waals surface area contributed by atoms with Gasteiger partial charge in [-0.05, 0) is 53.5 Å². The number of benzene rings is 1. The Morgan fingerprint density at radius 1 is 1.35 bits per heavy atom. The molecule has 0 bridgehead atoms. The van der Waals surface area contributed by atoms with Crippen LogP contribution in [-0.2, 0) is 0 Å². The SMILES string of the molecule is Cc1cc(N)c(C(=O)Nc2cc(Br)c(F)cc2C)cn1. The Balaban J connectivity index is 2.30. The van der Waals surface area contributed by atoms with Gasteiger partial charge in [0.1, 0.15) is 5.82 Å². The molecule has 20 heavy (non-hydrogen) atoms. The third kappa shape index (κ3) is 2.96. The second kappa shape index (κ2) is 5.58. The van der Waals surface area contributed by atoms with E-state index in [1.54, 1.807) is 19.9 Å². The van der Waals surface area contributed by atoms with Gasteiger partial charge in [0.15, 0.2) is 0 Å². The second-order valence-corrected chi connectivity index (χ2v) is 5.30. The Morgan fingerprint density at radius 2 is 2.05 bits per heavy atom. The van der Waals surface area contributed by atoms with Crippen LogP contribution in [0.2, 0.25) is 0 Å². The molecule has 0 aliphatic carbocycles. The minimum Gasteiger partial charge on any atom is -0.398 e. The number of carbonyl (C=O) groups excluding carboxylic acids is 1. The fourth-order valence-corrected chi connectivity index (χ4v) is 2.08. The number of hydrogen-bond donors (Lipinski definition) is 2. The van der Waals surface area contributed by atoms with Crippen molar-refractivity contribution >= 4 is 33.2 Å². The molecule has 4 nitrogen and oxygen atoms in total. The first-order chi connectivity index (χ1) is 9.38. The zero-order valence-electron chi connectivity index (χ0n) is 11.0. The number of halogens is 2. The minimum absolute atomic E-state index is 0.286. The van der Waals surface area contributed by atoms with Crippen LogP contribution in [0.4, 0.5) is 15.8 Å². The van der Waals surface area contributed by atoms with Crippen LogP contribution in [0, 0.1) is 19.7 Å². The molecule has 0 atom stereocenters. The van der Waals surface area contributed by atoms with E-state index < -0.39 is 0 Å². The molecule has 6 heteroatoms. The van der Waals surface area contributed by atoms with Crippen molar-refractivity contribution in [3.05, 3.63) is 51.5 Å². The van der Waals surface area contributed by atoms with Crippen LogP contribution in [-0.4, -0.2) is 10.9 Å². The summed E-state index contributed by atoms with van der Waals surface area (Å²) < 4.78 is 13.6. The van der Waals surface area contributed by atoms with E-state index in [0.717, 1.165) is 5.69 Å². The summed E-state index contributed by atoms with van der Waals surface area (Å²) >= 11 is 3.09. The van der Waals surface area contributed by atoms with Crippen molar-refractivity contribution in [3.63, 3.8) is 0 Å². The average Bonchev–Trinajstić information content (AvgIpc) is 2.35. The summed E-state index contributed by atoms with van der Waals surface area (Å²) in [7, 11) is 0. The lowest BCUT2D eigenvalue weighted by Crippen LogP contribution is -2.15. The number of carbonyl (C=O) groups is 1. The summed E-state index contributed by atoms with van der Waals surface area (Å²) in [5, 5.41) is 2.70. The average molecular weight is 338 g/mol. The summed E-state index contributed by atoms with van der Waals surface area (Å²) in [6.07, 6.45) is 1.42. The van der Waals surface area contributed by atoms with Crippen molar-refractivity contribution in [3.8, 4) is 0 Å². The van der Waals surface area contributed by atoms with E-state index in [1.807, 2.05) is 0 Å². The lowest BCUT2D eigenvalue weighted by Gasteiger charge is -2.11. The zero-order chi connectivity index (χ0) is 14.9. The molecular formula is C14H13BrFN3O. The number of rotatable bonds is 2. The smallest absolute Gasteiger partial charge is 0.259 e. The zero-order valence-corrected chi connectivity index (χ0v) is 12.6. The molecule has 3 N–H and O–H groups in total. The number of nitrogen functional groups attached to an aromatic ring is 1. The molecular weight excluding hydrogens is 325 g/mol. The molecule has 0 unspecified atom stereocenters. The molecule has 0 fully saturated rings. The molecule has 0 spiro atoms. The van der Waals surface area contributed by atoms with E-state index in [4.69, 9.17) is 5.73 Å². The third-order valence-corrected chi connectivity index (χ3v) is 3.44. The molecule has 0 saturated heterocycles. The largest absolute Gasteiger partial charge is 0.398 e. The fourth-order valence-electron chi connectivity index (χ4n) is 1.74. The van der Waals surface area contributed by atoms with Crippen LogP contribution in [0.3, 0.4) is 0 Å². The number of nitrogens with zero attached hydrogens (tertiary/aromatic N) is 1. The fraction of sp³-hybridized carbons (Fsp3) is 0.143. The first-order valence-electron chi connectivity index (χ1n) is 5.87. The van der Waals surface area contributed by atoms with Crippen LogP contribution in [0.5, 0.6) is 0 Å². The summed E-state index contributed by atoms with van der Waals surface area (Å²) in [4.78, 5) is 16.2. The lowest BCUT2D eigenvalue weighted by molar-refractivity contribution is 0.102. The van der Waals surface area contributed by atoms with E-state index in [2.05, 4.69) is 26.2 Å². The van der Waals surface area contributed by atoms with Gasteiger partial charge in [-0.1, -0.05) is 0 Å². The molecule has 1 aromatic heterocycles. The van der Waals surface area contributed by atoms with Gasteiger partial charge in [0.25, 0.3) is 5.91 Å². The molecule has 104 valence electrons. The maximum atomic E-state index is 13.3. The molecule has 1 amide bonds. The van der Waals surface area contributed by atoms with E-state index >= 15 is 0 Å². The summed E-state index contributed by atoms with van der Waals surface area (Å²) in [5.41, 5.74) is 8.32. The standard InChI is InChI=1S/C14H13BrFN3O/c1-7-3-11(16)10(15)5-13(7)19-14(20)9-6-18-8(2)4-12(9)17/h3-6H,1-2H3,(H2,17,18)(H,19,20). The Labute approximate surface area is 124 Å². The van der Waals surface area contributed by atoms with Crippen molar-refractivity contribution in [2.45, 2.75) is 13.8 Å². The number of amides is 1. The highest BCUT2D eigenvalue weighted by atomic mass is 79.9. The van der Waals surface area contributed by atoms with Gasteiger partial charge in [-0.15, -0.1) is 0 Å². The summed E-state index contributed by atoms with van der Waals surface area (Å²) in [6.45, 7) is 3.50. The quantitative estimate of drug-likeness (QED) is 0.881. The topological polar surface area (TPSA) is 68.0 Å². The first kappa shape index (κ1) is 14.5. The maximum Gasteiger partial charge on any atom is 0.259 e. The molecule has 0 aliphatic heterocycles. The van der Waals surface area contributed by atoms with Gasteiger partial charge in [-0.2, -0.15) is 0 Å². The van der Waals surface area contributed by atoms with Crippen molar-refractivity contribution in [1.29, 1.82) is 0 Å². The van der Waals surface area contributed by atoms with E-state index in [0.29, 0.717) is 16.9 Å². The Bertz CT molecular complexity index is 688. The highest BCUT2D eigenvalue weighted by molar-refractivity contribution is 9.10. The van der Waals surface area contributed by atoms with Crippen LogP contribution in [0.25, 0.3) is 0 Å². The van der Waals surface area contributed by atoms with Gasteiger partial charge in [0.2, 0.25) is 0 Å². The third-order valence-electron chi connectivity index (χ3n) is 2.83. The Morgan fingerprint density at radius 3 is 2.70 bits per heavy atom. The molecule has 0 radical (unpaired) electrons. The van der Waals surface area contributed by atoms with Gasteiger partial charge in [-0.25, -0.2) is 4.39 Å². The van der Waals surface area contributed by atoms with Crippen LogP contribution in [0.15, 0.2) is 28.9 Å². The van der Waals surface area contributed by atoms with Crippen LogP contribution in [0.1, 0.15) is 21.6 Å². The maximum absolute atomic E-state index is 13.3. The molecule has 0 aliphatic rings. The number of pyridine rings is 1. The number of anilines is 2. The van der Waals surface area contributed by atoms with E-state index in [-0.39, 0.29) is 21.8 Å². The van der Waals surface area contributed by atoms with E-state index in [1.165, 1.54) is 18.3 Å². The molecule has 1 aromatic carbocycles. The number of aromatic nitrogens is 1. The van der Waals surface area contributed by atoms with Gasteiger partial charge in [0, 0.05) is 23.3 Å². The highest BCUT2D eigenvalue weighted by Crippen LogP contribution is 2.25. The number of nitrogens with two attached hydrogens (primary N) is 1. The Hall–Kier alpha value is -1.95. The predicted octanol–water partition coefficient (Wildman–Crippen LogP) is 3.43. The van der Waals surface area contributed by atoms with Gasteiger partial charge in [0.05, 0.1) is 10.0 Å². The first-order valence-corrected chi connectivity index (χ1v) is 6.67. The van der Waals surface area contributed by atoms with Crippen molar-refractivity contribution in [2.75, 3.05) is 11.1 Å². The second-order valence-electron chi connectivity index (χ2n) is 4.45. The van der Waals surface area contributed by atoms with Crippen molar-refractivity contribution in [1.82, 2.24) is 4.98 Å². The number of nitrogens with one attached hydrogen (secondary N) is 1. The number of hydrogen-bond acceptors (Lipinski definition) is 3. The normalized spacial score (nSPS) is 10.4. The van der Waals surface area contributed by atoms with E-state index in [9.17, 15) is 9.18 Å². The summed E-state index contributed by atoms with van der Waals surface area (Å²) in [6, 6.07) is 4.49. The predicted molar refractivity (Wildman–Crippen MR) is 80.2 cm³/mol. The Kier molecular flexibility index (Phi) is 4.04. The van der Waals surface area contributed by atoms with Crippen LogP contribution >= 0.6 is 15.9 Å². The van der Waals surface area contributed by atoms with Crippen LogP contribution < -0.4 is 11.1 Å². The van der Waals surface area contributed by atoms with Gasteiger partial charge in [-0.3, -0.25) is 9.78 Å². The van der Waals surface area contributed by atoms with Gasteiger partial charge >= 0.3 is 0 Å². The molecule has 0 saturated carbocycles. The minimum atomic E-state index is -0.378. The van der Waals surface area contributed by atoms with Gasteiger partial charge < -0.3 is 11.1 Å². The summed E-state index contributed by atoms with van der Waals surface area (Å²) in [5.74, 6) is -0.756.